The van der Waals surface area contributed by atoms with Crippen LogP contribution in [-0.4, -0.2) is 36.4 Å². The van der Waals surface area contributed by atoms with E-state index < -0.39 is 6.10 Å². The van der Waals surface area contributed by atoms with Crippen molar-refractivity contribution in [3.63, 3.8) is 0 Å². The zero-order chi connectivity index (χ0) is 11.5. The van der Waals surface area contributed by atoms with Crippen LogP contribution in [-0.2, 0) is 4.74 Å². The first-order valence-corrected chi connectivity index (χ1v) is 5.29. The normalized spacial score (nSPS) is 25.4. The van der Waals surface area contributed by atoms with Crippen molar-refractivity contribution in [2.45, 2.75) is 25.5 Å². The molecule has 5 heteroatoms. The van der Waals surface area contributed by atoms with Gasteiger partial charge in [0.15, 0.2) is 0 Å². The fraction of sp³-hybridized carbons (Fsp3) is 0.545. The second-order valence-corrected chi connectivity index (χ2v) is 3.90. The van der Waals surface area contributed by atoms with Crippen molar-refractivity contribution in [3.05, 3.63) is 23.7 Å². The fourth-order valence-electron chi connectivity index (χ4n) is 1.73. The Kier molecular flexibility index (Phi) is 3.26. The number of ether oxygens (including phenoxy) is 1. The molecule has 1 saturated heterocycles. The SMILES string of the molecule is Cc1occc1C(=O)N[C@@H]1COCC[C@H]1O. The maximum absolute atomic E-state index is 11.8. The summed E-state index contributed by atoms with van der Waals surface area (Å²) in [5.74, 6) is 0.338. The van der Waals surface area contributed by atoms with E-state index >= 15 is 0 Å². The average molecular weight is 225 g/mol. The molecule has 0 aliphatic carbocycles. The number of nitrogens with one attached hydrogen (secondary N) is 1. The molecule has 2 atom stereocenters. The van der Waals surface area contributed by atoms with Crippen molar-refractivity contribution in [1.29, 1.82) is 0 Å². The van der Waals surface area contributed by atoms with Gasteiger partial charge in [0, 0.05) is 6.61 Å². The summed E-state index contributed by atoms with van der Waals surface area (Å²) >= 11 is 0. The monoisotopic (exact) mass is 225 g/mol. The Morgan fingerprint density at radius 3 is 3.06 bits per heavy atom. The van der Waals surface area contributed by atoms with Crippen molar-refractivity contribution in [1.82, 2.24) is 5.32 Å². The molecule has 1 amide bonds. The van der Waals surface area contributed by atoms with E-state index in [1.807, 2.05) is 0 Å². The van der Waals surface area contributed by atoms with Gasteiger partial charge in [0.25, 0.3) is 5.91 Å². The number of aliphatic hydroxyl groups is 1. The number of aryl methyl sites for hydroxylation is 1. The molecule has 0 saturated carbocycles. The topological polar surface area (TPSA) is 71.7 Å². The van der Waals surface area contributed by atoms with Crippen LogP contribution in [0, 0.1) is 6.92 Å². The number of rotatable bonds is 2. The predicted octanol–water partition coefficient (Wildman–Crippen LogP) is 0.468. The molecule has 1 aromatic heterocycles. The largest absolute Gasteiger partial charge is 0.469 e. The maximum Gasteiger partial charge on any atom is 0.255 e. The van der Waals surface area contributed by atoms with Crippen LogP contribution in [0.1, 0.15) is 22.5 Å². The lowest BCUT2D eigenvalue weighted by Crippen LogP contribution is -2.49. The Balaban J connectivity index is 1.99. The Labute approximate surface area is 93.4 Å². The molecule has 1 fully saturated rings. The van der Waals surface area contributed by atoms with E-state index in [1.54, 1.807) is 13.0 Å². The third-order valence-electron chi connectivity index (χ3n) is 2.74. The maximum atomic E-state index is 11.8. The van der Waals surface area contributed by atoms with Crippen LogP contribution in [0.4, 0.5) is 0 Å². The lowest BCUT2D eigenvalue weighted by atomic mass is 10.1. The number of amides is 1. The zero-order valence-corrected chi connectivity index (χ0v) is 9.10. The van der Waals surface area contributed by atoms with Gasteiger partial charge in [-0.15, -0.1) is 0 Å². The summed E-state index contributed by atoms with van der Waals surface area (Å²) in [4.78, 5) is 11.8. The highest BCUT2D eigenvalue weighted by Gasteiger charge is 2.26. The van der Waals surface area contributed by atoms with Gasteiger partial charge in [-0.3, -0.25) is 4.79 Å². The molecule has 2 N–H and O–H groups in total. The third-order valence-corrected chi connectivity index (χ3v) is 2.74. The predicted molar refractivity (Wildman–Crippen MR) is 56.1 cm³/mol. The van der Waals surface area contributed by atoms with Gasteiger partial charge in [-0.2, -0.15) is 0 Å². The molecule has 0 aromatic carbocycles. The van der Waals surface area contributed by atoms with Gasteiger partial charge in [-0.05, 0) is 19.4 Å². The van der Waals surface area contributed by atoms with Crippen molar-refractivity contribution in [3.8, 4) is 0 Å². The number of carbonyl (C=O) groups is 1. The molecule has 1 aromatic rings. The fourth-order valence-corrected chi connectivity index (χ4v) is 1.73. The summed E-state index contributed by atoms with van der Waals surface area (Å²) in [6, 6.07) is 1.27. The van der Waals surface area contributed by atoms with E-state index in [0.29, 0.717) is 31.0 Å². The van der Waals surface area contributed by atoms with Crippen LogP contribution in [0.5, 0.6) is 0 Å². The van der Waals surface area contributed by atoms with Crippen LogP contribution in [0.25, 0.3) is 0 Å². The highest BCUT2D eigenvalue weighted by Crippen LogP contribution is 2.11. The van der Waals surface area contributed by atoms with Crippen LogP contribution in [0.15, 0.2) is 16.7 Å². The molecule has 1 aliphatic heterocycles. The molecule has 0 radical (unpaired) electrons. The first-order valence-electron chi connectivity index (χ1n) is 5.29. The van der Waals surface area contributed by atoms with Gasteiger partial charge in [-0.1, -0.05) is 0 Å². The lowest BCUT2D eigenvalue weighted by molar-refractivity contribution is -0.0140. The molecule has 0 unspecified atom stereocenters. The summed E-state index contributed by atoms with van der Waals surface area (Å²) < 4.78 is 10.2. The van der Waals surface area contributed by atoms with E-state index in [-0.39, 0.29) is 11.9 Å². The van der Waals surface area contributed by atoms with Crippen molar-refractivity contribution in [2.24, 2.45) is 0 Å². The van der Waals surface area contributed by atoms with E-state index in [1.165, 1.54) is 6.26 Å². The van der Waals surface area contributed by atoms with Gasteiger partial charge in [0.1, 0.15) is 5.76 Å². The average Bonchev–Trinajstić information content (AvgIpc) is 2.68. The molecular weight excluding hydrogens is 210 g/mol. The Morgan fingerprint density at radius 1 is 1.62 bits per heavy atom. The van der Waals surface area contributed by atoms with Crippen LogP contribution >= 0.6 is 0 Å². The first kappa shape index (κ1) is 11.2. The number of hydrogen-bond donors (Lipinski definition) is 2. The standard InChI is InChI=1S/C11H15NO4/c1-7-8(2-5-16-7)11(14)12-9-6-15-4-3-10(9)13/h2,5,9-10,13H,3-4,6H2,1H3,(H,12,14)/t9-,10-/m1/s1. The minimum atomic E-state index is -0.537. The number of furan rings is 1. The summed E-state index contributed by atoms with van der Waals surface area (Å²) in [7, 11) is 0. The third kappa shape index (κ3) is 2.25. The molecule has 0 bridgehead atoms. The molecule has 1 aliphatic rings. The molecule has 2 heterocycles. The molecule has 2 rings (SSSR count). The lowest BCUT2D eigenvalue weighted by Gasteiger charge is -2.28. The van der Waals surface area contributed by atoms with Gasteiger partial charge in [0.05, 0.1) is 30.6 Å². The number of aliphatic hydroxyl groups excluding tert-OH is 1. The molecule has 88 valence electrons. The number of carbonyl (C=O) groups excluding carboxylic acids is 1. The van der Waals surface area contributed by atoms with Crippen molar-refractivity contribution >= 4 is 5.91 Å². The highest BCUT2D eigenvalue weighted by atomic mass is 16.5. The van der Waals surface area contributed by atoms with Crippen LogP contribution < -0.4 is 5.32 Å². The quantitative estimate of drug-likeness (QED) is 0.767. The summed E-state index contributed by atoms with van der Waals surface area (Å²) in [6.45, 7) is 2.62. The minimum Gasteiger partial charge on any atom is -0.469 e. The zero-order valence-electron chi connectivity index (χ0n) is 9.10. The van der Waals surface area contributed by atoms with Crippen molar-refractivity contribution < 1.29 is 19.1 Å². The molecule has 5 nitrogen and oxygen atoms in total. The summed E-state index contributed by atoms with van der Waals surface area (Å²) in [5, 5.41) is 12.4. The Bertz CT molecular complexity index is 374. The number of hydrogen-bond acceptors (Lipinski definition) is 4. The summed E-state index contributed by atoms with van der Waals surface area (Å²) in [5.41, 5.74) is 0.498. The van der Waals surface area contributed by atoms with E-state index in [2.05, 4.69) is 5.32 Å². The highest BCUT2D eigenvalue weighted by molar-refractivity contribution is 5.95. The van der Waals surface area contributed by atoms with Gasteiger partial charge < -0.3 is 19.6 Å². The second-order valence-electron chi connectivity index (χ2n) is 3.90. The minimum absolute atomic E-state index is 0.235. The first-order chi connectivity index (χ1) is 7.68. The second kappa shape index (κ2) is 4.67. The van der Waals surface area contributed by atoms with E-state index in [0.717, 1.165) is 0 Å². The van der Waals surface area contributed by atoms with E-state index in [9.17, 15) is 9.90 Å². The van der Waals surface area contributed by atoms with Gasteiger partial charge in [0.2, 0.25) is 0 Å². The smallest absolute Gasteiger partial charge is 0.255 e. The Hall–Kier alpha value is -1.33. The molecule has 16 heavy (non-hydrogen) atoms. The molecular formula is C11H15NO4. The van der Waals surface area contributed by atoms with Crippen LogP contribution in [0.3, 0.4) is 0 Å². The summed E-state index contributed by atoms with van der Waals surface area (Å²) in [6.07, 6.45) is 1.48. The van der Waals surface area contributed by atoms with E-state index in [4.69, 9.17) is 9.15 Å². The van der Waals surface area contributed by atoms with Crippen molar-refractivity contribution in [2.75, 3.05) is 13.2 Å². The molecule has 0 spiro atoms. The van der Waals surface area contributed by atoms with Gasteiger partial charge >= 0.3 is 0 Å². The van der Waals surface area contributed by atoms with Gasteiger partial charge in [-0.25, -0.2) is 0 Å². The Morgan fingerprint density at radius 2 is 2.44 bits per heavy atom. The van der Waals surface area contributed by atoms with Crippen LogP contribution in [0.2, 0.25) is 0 Å².